The van der Waals surface area contributed by atoms with Crippen LogP contribution in [0.3, 0.4) is 0 Å². The maximum atomic E-state index is 12.2. The zero-order chi connectivity index (χ0) is 18.0. The Morgan fingerprint density at radius 1 is 1.28 bits per heavy atom. The molecule has 0 saturated carbocycles. The lowest BCUT2D eigenvalue weighted by Crippen LogP contribution is -2.61. The summed E-state index contributed by atoms with van der Waals surface area (Å²) in [5, 5.41) is 3.48. The van der Waals surface area contributed by atoms with Crippen molar-refractivity contribution < 1.29 is 13.2 Å². The molecule has 2 fully saturated rings. The summed E-state index contributed by atoms with van der Waals surface area (Å²) in [5.74, 6) is 0.957. The van der Waals surface area contributed by atoms with E-state index < -0.39 is 14.6 Å². The van der Waals surface area contributed by atoms with E-state index in [0.29, 0.717) is 13.1 Å². The van der Waals surface area contributed by atoms with Gasteiger partial charge in [-0.25, -0.2) is 8.42 Å². The van der Waals surface area contributed by atoms with Crippen molar-refractivity contribution in [3.05, 3.63) is 0 Å². The van der Waals surface area contributed by atoms with Crippen LogP contribution in [0.1, 0.15) is 26.7 Å². The number of ether oxygens (including phenoxy) is 1. The number of halogens is 1. The number of nitrogens with zero attached hydrogens (tertiary/aromatic N) is 3. The normalized spacial score (nSPS) is 25.4. The number of hydrogen-bond donors (Lipinski definition) is 1. The Morgan fingerprint density at radius 3 is 2.36 bits per heavy atom. The number of sulfone groups is 1. The molecule has 0 aromatic carbocycles. The molecule has 7 nitrogen and oxygen atoms in total. The van der Waals surface area contributed by atoms with Gasteiger partial charge in [-0.2, -0.15) is 0 Å². The SMILES string of the molecule is CN=C(NCC1(N(C)C)CCOCC1)N1CCS(=O)(=O)C(C)(C)C1.I. The van der Waals surface area contributed by atoms with Crippen LogP contribution in [0.25, 0.3) is 0 Å². The predicted molar refractivity (Wildman–Crippen MR) is 113 cm³/mol. The first-order chi connectivity index (χ1) is 11.1. The molecule has 25 heavy (non-hydrogen) atoms. The molecule has 148 valence electrons. The topological polar surface area (TPSA) is 74.2 Å². The number of likely N-dealkylation sites (N-methyl/N-ethyl adjacent to an activating group) is 1. The maximum absolute atomic E-state index is 12.2. The van der Waals surface area contributed by atoms with E-state index in [1.807, 2.05) is 0 Å². The summed E-state index contributed by atoms with van der Waals surface area (Å²) in [6.07, 6.45) is 1.95. The predicted octanol–water partition coefficient (Wildman–Crippen LogP) is 0.800. The van der Waals surface area contributed by atoms with Crippen LogP contribution >= 0.6 is 24.0 Å². The van der Waals surface area contributed by atoms with Crippen LogP contribution in [0.2, 0.25) is 0 Å². The van der Waals surface area contributed by atoms with Gasteiger partial charge < -0.3 is 19.9 Å². The molecule has 0 aromatic rings. The second-order valence-corrected chi connectivity index (χ2v) is 10.4. The minimum atomic E-state index is -3.05. The second-order valence-electron chi connectivity index (χ2n) is 7.63. The Balaban J connectivity index is 0.00000312. The highest BCUT2D eigenvalue weighted by Gasteiger charge is 2.41. The fraction of sp³-hybridized carbons (Fsp3) is 0.938. The molecule has 0 spiro atoms. The van der Waals surface area contributed by atoms with E-state index in [1.54, 1.807) is 20.9 Å². The zero-order valence-electron chi connectivity index (χ0n) is 16.0. The number of guanidine groups is 1. The van der Waals surface area contributed by atoms with Gasteiger partial charge in [0.2, 0.25) is 0 Å². The molecule has 2 heterocycles. The summed E-state index contributed by atoms with van der Waals surface area (Å²) in [4.78, 5) is 8.71. The molecule has 0 amide bonds. The average Bonchev–Trinajstić information content (AvgIpc) is 2.52. The lowest BCUT2D eigenvalue weighted by atomic mass is 9.88. The third-order valence-electron chi connectivity index (χ3n) is 5.50. The van der Waals surface area contributed by atoms with Crippen LogP contribution in [0.5, 0.6) is 0 Å². The quantitative estimate of drug-likeness (QED) is 0.360. The first-order valence-corrected chi connectivity index (χ1v) is 10.2. The minimum absolute atomic E-state index is 0. The van der Waals surface area contributed by atoms with E-state index in [9.17, 15) is 8.42 Å². The Morgan fingerprint density at radius 2 is 1.88 bits per heavy atom. The van der Waals surface area contributed by atoms with Gasteiger partial charge in [0.1, 0.15) is 0 Å². The van der Waals surface area contributed by atoms with Gasteiger partial charge in [0.05, 0.1) is 10.5 Å². The van der Waals surface area contributed by atoms with Crippen LogP contribution in [0, 0.1) is 0 Å². The molecule has 2 aliphatic heterocycles. The summed E-state index contributed by atoms with van der Waals surface area (Å²) in [7, 11) is 2.92. The van der Waals surface area contributed by atoms with Gasteiger partial charge in [-0.1, -0.05) is 0 Å². The Kier molecular flexibility index (Phi) is 7.98. The van der Waals surface area contributed by atoms with Crippen LogP contribution in [0.15, 0.2) is 4.99 Å². The van der Waals surface area contributed by atoms with Crippen LogP contribution in [-0.2, 0) is 14.6 Å². The van der Waals surface area contributed by atoms with Crippen molar-refractivity contribution in [1.29, 1.82) is 0 Å². The molecule has 0 atom stereocenters. The Hall–Kier alpha value is -0.130. The standard InChI is InChI=1S/C16H32N4O3S.HI/c1-15(2)13-20(8-11-24(15,21)22)14(17-3)18-12-16(19(4)5)6-9-23-10-7-16;/h6-13H2,1-5H3,(H,17,18);1H. The van der Waals surface area contributed by atoms with Crippen LogP contribution < -0.4 is 5.32 Å². The molecule has 2 rings (SSSR count). The third-order valence-corrected chi connectivity index (χ3v) is 8.04. The summed E-state index contributed by atoms with van der Waals surface area (Å²) >= 11 is 0. The first kappa shape index (κ1) is 22.9. The molecule has 0 bridgehead atoms. The van der Waals surface area contributed by atoms with Gasteiger partial charge in [-0.15, -0.1) is 24.0 Å². The molecule has 0 aliphatic carbocycles. The number of aliphatic imine (C=N–C) groups is 1. The molecule has 1 N–H and O–H groups in total. The smallest absolute Gasteiger partial charge is 0.193 e. The number of nitrogens with one attached hydrogen (secondary N) is 1. The monoisotopic (exact) mass is 488 g/mol. The van der Waals surface area contributed by atoms with E-state index in [4.69, 9.17) is 4.74 Å². The molecular formula is C16H33IN4O3S. The van der Waals surface area contributed by atoms with Crippen LogP contribution in [-0.4, -0.2) is 94.2 Å². The van der Waals surface area contributed by atoms with E-state index in [0.717, 1.165) is 38.6 Å². The van der Waals surface area contributed by atoms with E-state index in [1.165, 1.54) is 0 Å². The number of hydrogen-bond acceptors (Lipinski definition) is 5. The highest BCUT2D eigenvalue weighted by atomic mass is 127. The van der Waals surface area contributed by atoms with Crippen molar-refractivity contribution in [2.24, 2.45) is 4.99 Å². The van der Waals surface area contributed by atoms with Gasteiger partial charge >= 0.3 is 0 Å². The van der Waals surface area contributed by atoms with Gasteiger partial charge in [-0.05, 0) is 40.8 Å². The summed E-state index contributed by atoms with van der Waals surface area (Å²) in [6.45, 7) is 6.86. The van der Waals surface area contributed by atoms with Crippen molar-refractivity contribution in [2.45, 2.75) is 37.0 Å². The molecule has 2 aliphatic rings. The Labute approximate surface area is 169 Å². The second kappa shape index (κ2) is 8.71. The van der Waals surface area contributed by atoms with E-state index in [2.05, 4.69) is 34.2 Å². The lowest BCUT2D eigenvalue weighted by Gasteiger charge is -2.44. The van der Waals surface area contributed by atoms with Crippen molar-refractivity contribution in [3.8, 4) is 0 Å². The van der Waals surface area contributed by atoms with E-state index in [-0.39, 0.29) is 35.3 Å². The van der Waals surface area contributed by atoms with Crippen molar-refractivity contribution in [1.82, 2.24) is 15.1 Å². The van der Waals surface area contributed by atoms with Crippen molar-refractivity contribution in [2.75, 3.05) is 59.7 Å². The molecule has 0 radical (unpaired) electrons. The average molecular weight is 488 g/mol. The molecule has 9 heteroatoms. The highest BCUT2D eigenvalue weighted by molar-refractivity contribution is 14.0. The van der Waals surface area contributed by atoms with E-state index >= 15 is 0 Å². The molecule has 0 unspecified atom stereocenters. The van der Waals surface area contributed by atoms with Gasteiger partial charge in [0.25, 0.3) is 0 Å². The van der Waals surface area contributed by atoms with Gasteiger partial charge in [0, 0.05) is 45.4 Å². The lowest BCUT2D eigenvalue weighted by molar-refractivity contribution is -0.00526. The maximum Gasteiger partial charge on any atom is 0.193 e. The summed E-state index contributed by atoms with van der Waals surface area (Å²) < 4.78 is 29.2. The largest absolute Gasteiger partial charge is 0.381 e. The highest BCUT2D eigenvalue weighted by Crippen LogP contribution is 2.26. The van der Waals surface area contributed by atoms with Crippen molar-refractivity contribution >= 4 is 39.8 Å². The molecular weight excluding hydrogens is 455 g/mol. The van der Waals surface area contributed by atoms with Crippen molar-refractivity contribution in [3.63, 3.8) is 0 Å². The minimum Gasteiger partial charge on any atom is -0.381 e. The van der Waals surface area contributed by atoms with Gasteiger partial charge in [-0.3, -0.25) is 4.99 Å². The first-order valence-electron chi connectivity index (χ1n) is 8.57. The fourth-order valence-electron chi connectivity index (χ4n) is 3.43. The van der Waals surface area contributed by atoms with Crippen LogP contribution in [0.4, 0.5) is 0 Å². The molecule has 0 aromatic heterocycles. The molecule has 2 saturated heterocycles. The van der Waals surface area contributed by atoms with Gasteiger partial charge in [0.15, 0.2) is 15.8 Å². The fourth-order valence-corrected chi connectivity index (χ4v) is 4.80. The summed E-state index contributed by atoms with van der Waals surface area (Å²) in [6, 6.07) is 0. The number of rotatable bonds is 3. The third kappa shape index (κ3) is 4.98. The summed E-state index contributed by atoms with van der Waals surface area (Å²) in [5.41, 5.74) is 0.0472. The Bertz CT molecular complexity index is 572. The zero-order valence-corrected chi connectivity index (χ0v) is 19.2.